The number of benzene rings is 2. The van der Waals surface area contributed by atoms with E-state index in [2.05, 4.69) is 21.2 Å². The summed E-state index contributed by atoms with van der Waals surface area (Å²) in [6.45, 7) is 1.75. The minimum Gasteiger partial charge on any atom is -0.506 e. The lowest BCUT2D eigenvalue weighted by atomic mass is 10.2. The molecule has 0 fully saturated rings. The number of phenols is 1. The van der Waals surface area contributed by atoms with Crippen molar-refractivity contribution in [2.24, 2.45) is 0 Å². The predicted octanol–water partition coefficient (Wildman–Crippen LogP) is 3.08. The molecule has 3 rings (SSSR count). The van der Waals surface area contributed by atoms with Crippen molar-refractivity contribution in [3.05, 3.63) is 52.5 Å². The van der Waals surface area contributed by atoms with Crippen LogP contribution in [0, 0.1) is 0 Å². The molecular formula is C16H16BrNO3. The molecule has 0 spiro atoms. The molecule has 2 aromatic rings. The molecule has 1 aliphatic heterocycles. The average molecular weight is 350 g/mol. The lowest BCUT2D eigenvalue weighted by Crippen LogP contribution is -2.38. The van der Waals surface area contributed by atoms with Crippen molar-refractivity contribution < 1.29 is 14.6 Å². The molecular weight excluding hydrogens is 334 g/mol. The molecule has 1 atom stereocenters. The van der Waals surface area contributed by atoms with Gasteiger partial charge >= 0.3 is 0 Å². The van der Waals surface area contributed by atoms with Gasteiger partial charge in [-0.2, -0.15) is 0 Å². The van der Waals surface area contributed by atoms with Gasteiger partial charge in [0.2, 0.25) is 0 Å². The van der Waals surface area contributed by atoms with Crippen LogP contribution in [-0.2, 0) is 6.54 Å². The quantitative estimate of drug-likeness (QED) is 0.890. The molecule has 1 aliphatic rings. The van der Waals surface area contributed by atoms with Crippen molar-refractivity contribution in [3.63, 3.8) is 0 Å². The van der Waals surface area contributed by atoms with Gasteiger partial charge in [0, 0.05) is 18.7 Å². The van der Waals surface area contributed by atoms with Crippen molar-refractivity contribution in [3.8, 4) is 17.2 Å². The van der Waals surface area contributed by atoms with E-state index in [1.165, 1.54) is 0 Å². The van der Waals surface area contributed by atoms with Crippen molar-refractivity contribution in [2.75, 3.05) is 13.2 Å². The third kappa shape index (κ3) is 3.31. The lowest BCUT2D eigenvalue weighted by Gasteiger charge is -2.26. The second-order valence-corrected chi connectivity index (χ2v) is 5.73. The molecule has 5 heteroatoms. The van der Waals surface area contributed by atoms with Crippen LogP contribution >= 0.6 is 15.9 Å². The van der Waals surface area contributed by atoms with Gasteiger partial charge in [0.15, 0.2) is 11.5 Å². The predicted molar refractivity (Wildman–Crippen MR) is 83.9 cm³/mol. The fourth-order valence-corrected chi connectivity index (χ4v) is 2.64. The summed E-state index contributed by atoms with van der Waals surface area (Å²) in [7, 11) is 0. The van der Waals surface area contributed by atoms with E-state index in [0.717, 1.165) is 17.1 Å². The van der Waals surface area contributed by atoms with Crippen molar-refractivity contribution in [2.45, 2.75) is 12.6 Å². The molecule has 1 unspecified atom stereocenters. The van der Waals surface area contributed by atoms with Gasteiger partial charge in [-0.25, -0.2) is 0 Å². The van der Waals surface area contributed by atoms with Crippen molar-refractivity contribution in [1.29, 1.82) is 0 Å². The fraction of sp³-hybridized carbons (Fsp3) is 0.250. The lowest BCUT2D eigenvalue weighted by molar-refractivity contribution is 0.0902. The van der Waals surface area contributed by atoms with E-state index in [9.17, 15) is 5.11 Å². The Kier molecular flexibility index (Phi) is 4.31. The monoisotopic (exact) mass is 349 g/mol. The van der Waals surface area contributed by atoms with E-state index in [1.54, 1.807) is 0 Å². The van der Waals surface area contributed by atoms with E-state index >= 15 is 0 Å². The maximum atomic E-state index is 9.92. The van der Waals surface area contributed by atoms with Gasteiger partial charge < -0.3 is 19.9 Å². The molecule has 0 aliphatic carbocycles. The van der Waals surface area contributed by atoms with Gasteiger partial charge in [-0.1, -0.05) is 24.3 Å². The van der Waals surface area contributed by atoms with E-state index < -0.39 is 0 Å². The molecule has 4 nitrogen and oxygen atoms in total. The highest BCUT2D eigenvalue weighted by atomic mass is 79.9. The Morgan fingerprint density at radius 2 is 1.95 bits per heavy atom. The number of phenolic OH excluding ortho intramolecular Hbond substituents is 1. The third-order valence-corrected chi connectivity index (χ3v) is 3.97. The molecule has 0 saturated heterocycles. The number of halogens is 1. The number of fused-ring (bicyclic) bond motifs is 1. The summed E-state index contributed by atoms with van der Waals surface area (Å²) in [6.07, 6.45) is -0.0332. The Hall–Kier alpha value is -1.72. The van der Waals surface area contributed by atoms with Crippen molar-refractivity contribution >= 4 is 15.9 Å². The smallest absolute Gasteiger partial charge is 0.161 e. The molecule has 0 aromatic heterocycles. The third-order valence-electron chi connectivity index (χ3n) is 3.33. The van der Waals surface area contributed by atoms with Crippen LogP contribution in [0.15, 0.2) is 46.9 Å². The molecule has 0 saturated carbocycles. The van der Waals surface area contributed by atoms with Crippen molar-refractivity contribution in [1.82, 2.24) is 5.32 Å². The fourth-order valence-electron chi connectivity index (χ4n) is 2.23. The van der Waals surface area contributed by atoms with Gasteiger partial charge in [-0.3, -0.25) is 0 Å². The highest BCUT2D eigenvalue weighted by Crippen LogP contribution is 2.31. The SMILES string of the molecule is Oc1c(Br)cccc1CNCC1COc2ccccc2O1. The normalized spacial score (nSPS) is 16.7. The number of ether oxygens (including phenoxy) is 2. The first-order valence-electron chi connectivity index (χ1n) is 6.79. The summed E-state index contributed by atoms with van der Waals surface area (Å²) in [6, 6.07) is 13.3. The largest absolute Gasteiger partial charge is 0.506 e. The first-order valence-corrected chi connectivity index (χ1v) is 7.59. The first-order chi connectivity index (χ1) is 10.2. The minimum atomic E-state index is -0.0332. The number of para-hydroxylation sites is 3. The maximum Gasteiger partial charge on any atom is 0.161 e. The Balaban J connectivity index is 1.54. The molecule has 1 heterocycles. The van der Waals surface area contributed by atoms with Gasteiger partial charge in [-0.05, 0) is 34.1 Å². The summed E-state index contributed by atoms with van der Waals surface area (Å²) in [5.41, 5.74) is 0.849. The first kappa shape index (κ1) is 14.2. The van der Waals surface area contributed by atoms with E-state index in [0.29, 0.717) is 24.2 Å². The maximum absolute atomic E-state index is 9.92. The van der Waals surface area contributed by atoms with E-state index in [1.807, 2.05) is 42.5 Å². The summed E-state index contributed by atoms with van der Waals surface area (Å²) in [4.78, 5) is 0. The standard InChI is InChI=1S/C16H16BrNO3/c17-13-5-3-4-11(16(13)19)8-18-9-12-10-20-14-6-1-2-7-15(14)21-12/h1-7,12,18-19H,8-10H2. The molecule has 2 aromatic carbocycles. The molecule has 110 valence electrons. The van der Waals surface area contributed by atoms with Crippen LogP contribution in [0.5, 0.6) is 17.2 Å². The zero-order chi connectivity index (χ0) is 14.7. The van der Waals surface area contributed by atoms with Gasteiger partial charge in [-0.15, -0.1) is 0 Å². The molecule has 0 radical (unpaired) electrons. The van der Waals surface area contributed by atoms with E-state index in [4.69, 9.17) is 9.47 Å². The van der Waals surface area contributed by atoms with Crippen LogP contribution in [0.4, 0.5) is 0 Å². The number of rotatable bonds is 4. The summed E-state index contributed by atoms with van der Waals surface area (Å²) >= 11 is 3.31. The summed E-state index contributed by atoms with van der Waals surface area (Å²) in [5.74, 6) is 1.84. The van der Waals surface area contributed by atoms with Crippen LogP contribution in [0.1, 0.15) is 5.56 Å². The Bertz CT molecular complexity index is 633. The van der Waals surface area contributed by atoms with Crippen LogP contribution in [-0.4, -0.2) is 24.4 Å². The number of nitrogens with one attached hydrogen (secondary N) is 1. The number of hydrogen-bond donors (Lipinski definition) is 2. The summed E-state index contributed by atoms with van der Waals surface area (Å²) in [5, 5.41) is 13.2. The highest BCUT2D eigenvalue weighted by molar-refractivity contribution is 9.10. The van der Waals surface area contributed by atoms with E-state index in [-0.39, 0.29) is 11.9 Å². The topological polar surface area (TPSA) is 50.7 Å². The average Bonchev–Trinajstić information content (AvgIpc) is 2.51. The van der Waals surface area contributed by atoms with Crippen LogP contribution in [0.25, 0.3) is 0 Å². The Morgan fingerprint density at radius 3 is 2.81 bits per heavy atom. The molecule has 21 heavy (non-hydrogen) atoms. The number of aromatic hydroxyl groups is 1. The van der Waals surface area contributed by atoms with Crippen LogP contribution in [0.3, 0.4) is 0 Å². The Morgan fingerprint density at radius 1 is 1.14 bits per heavy atom. The second-order valence-electron chi connectivity index (χ2n) is 4.88. The minimum absolute atomic E-state index is 0.0332. The Labute approximate surface area is 131 Å². The highest BCUT2D eigenvalue weighted by Gasteiger charge is 2.20. The van der Waals surface area contributed by atoms with Crippen LogP contribution < -0.4 is 14.8 Å². The zero-order valence-electron chi connectivity index (χ0n) is 11.4. The van der Waals surface area contributed by atoms with Gasteiger partial charge in [0.25, 0.3) is 0 Å². The van der Waals surface area contributed by atoms with Gasteiger partial charge in [0.1, 0.15) is 18.5 Å². The van der Waals surface area contributed by atoms with Gasteiger partial charge in [0.05, 0.1) is 4.47 Å². The second kappa shape index (κ2) is 6.37. The van der Waals surface area contributed by atoms with Crippen LogP contribution in [0.2, 0.25) is 0 Å². The molecule has 2 N–H and O–H groups in total. The molecule has 0 bridgehead atoms. The zero-order valence-corrected chi connectivity index (χ0v) is 13.0. The summed E-state index contributed by atoms with van der Waals surface area (Å²) < 4.78 is 12.2. The molecule has 0 amide bonds. The number of hydrogen-bond acceptors (Lipinski definition) is 4.